The van der Waals surface area contributed by atoms with Gasteiger partial charge >= 0.3 is 0 Å². The van der Waals surface area contributed by atoms with Gasteiger partial charge < -0.3 is 4.74 Å². The Morgan fingerprint density at radius 2 is 2.13 bits per heavy atom. The Hall–Kier alpha value is -1.09. The average Bonchev–Trinajstić information content (AvgIpc) is 2.29. The van der Waals surface area contributed by atoms with Crippen LogP contribution in [0.15, 0.2) is 23.2 Å². The van der Waals surface area contributed by atoms with Gasteiger partial charge in [0.1, 0.15) is 11.3 Å². The number of hydrogen-bond donors (Lipinski definition) is 0. The molecule has 0 amide bonds. The minimum Gasteiger partial charge on any atom is -0.485 e. The first-order valence-electron chi connectivity index (χ1n) is 4.78. The van der Waals surface area contributed by atoms with Gasteiger partial charge in [0.05, 0.1) is 11.6 Å². The molecule has 2 nitrogen and oxygen atoms in total. The first-order chi connectivity index (χ1) is 7.09. The zero-order valence-electron chi connectivity index (χ0n) is 8.50. The molecule has 0 fully saturated rings. The number of aliphatic imine (C=N–C) groups is 1. The second kappa shape index (κ2) is 3.81. The summed E-state index contributed by atoms with van der Waals surface area (Å²) in [4.78, 5) is 4.23. The molecule has 0 N–H and O–H groups in total. The van der Waals surface area contributed by atoms with Gasteiger partial charge in [-0.15, -0.1) is 0 Å². The van der Waals surface area contributed by atoms with Crippen LogP contribution in [0.5, 0.6) is 5.75 Å². The highest BCUT2D eigenvalue weighted by atomic mass is 35.5. The van der Waals surface area contributed by atoms with Gasteiger partial charge in [-0.2, -0.15) is 0 Å². The van der Waals surface area contributed by atoms with E-state index in [1.165, 1.54) is 6.07 Å². The number of fused-ring (bicyclic) bond motifs is 1. The summed E-state index contributed by atoms with van der Waals surface area (Å²) in [5.41, 5.74) is 0.521. The van der Waals surface area contributed by atoms with Gasteiger partial charge in [0, 0.05) is 0 Å². The molecule has 1 aliphatic rings. The SMILES string of the molecule is C[C@@H]1Oc2c(F)cccc2C(Cl)=N[C@@H]1C. The molecule has 0 saturated carbocycles. The van der Waals surface area contributed by atoms with Gasteiger partial charge in [0.15, 0.2) is 11.6 Å². The third kappa shape index (κ3) is 1.84. The van der Waals surface area contributed by atoms with Crippen LogP contribution in [0.25, 0.3) is 0 Å². The number of halogens is 2. The molecule has 0 bridgehead atoms. The van der Waals surface area contributed by atoms with E-state index in [9.17, 15) is 4.39 Å². The molecule has 80 valence electrons. The highest BCUT2D eigenvalue weighted by Crippen LogP contribution is 2.29. The standard InChI is InChI=1S/C11H11ClFNO/c1-6-7(2)15-10-8(11(12)14-6)4-3-5-9(10)13/h3-7H,1-2H3/t6-,7+/m1/s1. The van der Waals surface area contributed by atoms with Gasteiger partial charge in [-0.25, -0.2) is 4.39 Å². The normalized spacial score (nSPS) is 24.9. The lowest BCUT2D eigenvalue weighted by Gasteiger charge is -2.16. The Bertz CT molecular complexity index is 419. The maximum absolute atomic E-state index is 13.5. The van der Waals surface area contributed by atoms with Crippen molar-refractivity contribution in [2.24, 2.45) is 4.99 Å². The predicted octanol–water partition coefficient (Wildman–Crippen LogP) is 2.98. The summed E-state index contributed by atoms with van der Waals surface area (Å²) >= 11 is 5.99. The van der Waals surface area contributed by atoms with Crippen molar-refractivity contribution in [3.8, 4) is 5.75 Å². The third-order valence-electron chi connectivity index (χ3n) is 2.49. The molecular weight excluding hydrogens is 217 g/mol. The van der Waals surface area contributed by atoms with Gasteiger partial charge in [0.25, 0.3) is 0 Å². The van der Waals surface area contributed by atoms with E-state index in [4.69, 9.17) is 16.3 Å². The summed E-state index contributed by atoms with van der Waals surface area (Å²) in [5, 5.41) is 0.307. The second-order valence-electron chi connectivity index (χ2n) is 3.60. The molecule has 2 atom stereocenters. The Morgan fingerprint density at radius 3 is 2.87 bits per heavy atom. The van der Waals surface area contributed by atoms with Crippen molar-refractivity contribution < 1.29 is 9.13 Å². The third-order valence-corrected chi connectivity index (χ3v) is 2.79. The molecule has 0 spiro atoms. The quantitative estimate of drug-likeness (QED) is 0.668. The van der Waals surface area contributed by atoms with Crippen LogP contribution in [-0.2, 0) is 0 Å². The lowest BCUT2D eigenvalue weighted by molar-refractivity contribution is 0.192. The van der Waals surface area contributed by atoms with Gasteiger partial charge in [-0.1, -0.05) is 17.7 Å². The van der Waals surface area contributed by atoms with E-state index < -0.39 is 5.82 Å². The van der Waals surface area contributed by atoms with Crippen LogP contribution in [0.4, 0.5) is 4.39 Å². The molecule has 1 aromatic rings. The van der Waals surface area contributed by atoms with E-state index in [1.54, 1.807) is 12.1 Å². The Morgan fingerprint density at radius 1 is 1.40 bits per heavy atom. The molecule has 2 rings (SSSR count). The highest BCUT2D eigenvalue weighted by molar-refractivity contribution is 6.70. The fraction of sp³-hybridized carbons (Fsp3) is 0.364. The van der Waals surface area contributed by atoms with Crippen molar-refractivity contribution in [1.82, 2.24) is 0 Å². The highest BCUT2D eigenvalue weighted by Gasteiger charge is 2.23. The molecule has 0 aromatic heterocycles. The zero-order valence-corrected chi connectivity index (χ0v) is 9.25. The molecule has 4 heteroatoms. The summed E-state index contributed by atoms with van der Waals surface area (Å²) in [6.45, 7) is 3.73. The molecule has 0 radical (unpaired) electrons. The predicted molar refractivity (Wildman–Crippen MR) is 58.3 cm³/mol. The maximum Gasteiger partial charge on any atom is 0.165 e. The zero-order chi connectivity index (χ0) is 11.0. The number of hydrogen-bond acceptors (Lipinski definition) is 2. The summed E-state index contributed by atoms with van der Waals surface area (Å²) in [6.07, 6.45) is -0.183. The summed E-state index contributed by atoms with van der Waals surface area (Å²) in [7, 11) is 0. The number of rotatable bonds is 0. The maximum atomic E-state index is 13.5. The Kier molecular flexibility index (Phi) is 2.65. The monoisotopic (exact) mass is 227 g/mol. The van der Waals surface area contributed by atoms with E-state index in [-0.39, 0.29) is 17.9 Å². The number of ether oxygens (including phenoxy) is 1. The average molecular weight is 228 g/mol. The fourth-order valence-corrected chi connectivity index (χ4v) is 1.73. The summed E-state index contributed by atoms with van der Waals surface area (Å²) in [5.74, 6) is -0.204. The van der Waals surface area contributed by atoms with Gasteiger partial charge in [0.2, 0.25) is 0 Å². The van der Waals surface area contributed by atoms with E-state index in [2.05, 4.69) is 4.99 Å². The number of nitrogens with zero attached hydrogens (tertiary/aromatic N) is 1. The van der Waals surface area contributed by atoms with E-state index >= 15 is 0 Å². The van der Waals surface area contributed by atoms with Crippen LogP contribution < -0.4 is 4.74 Å². The van der Waals surface area contributed by atoms with Gasteiger partial charge in [-0.05, 0) is 26.0 Å². The van der Waals surface area contributed by atoms with E-state index in [1.807, 2.05) is 13.8 Å². The first-order valence-corrected chi connectivity index (χ1v) is 5.16. The largest absolute Gasteiger partial charge is 0.485 e. The van der Waals surface area contributed by atoms with Crippen LogP contribution >= 0.6 is 11.6 Å². The van der Waals surface area contributed by atoms with Gasteiger partial charge in [-0.3, -0.25) is 4.99 Å². The molecule has 0 aliphatic carbocycles. The second-order valence-corrected chi connectivity index (χ2v) is 3.96. The van der Waals surface area contributed by atoms with E-state index in [0.29, 0.717) is 10.7 Å². The van der Waals surface area contributed by atoms with E-state index in [0.717, 1.165) is 0 Å². The molecule has 1 aromatic carbocycles. The molecule has 1 aliphatic heterocycles. The molecule has 0 saturated heterocycles. The van der Waals surface area contributed by atoms with Crippen LogP contribution in [0, 0.1) is 5.82 Å². The first kappa shape index (κ1) is 10.4. The topological polar surface area (TPSA) is 21.6 Å². The summed E-state index contributed by atoms with van der Waals surface area (Å²) < 4.78 is 19.0. The number of benzene rings is 1. The fourth-order valence-electron chi connectivity index (χ4n) is 1.43. The van der Waals surface area contributed by atoms with Crippen LogP contribution in [-0.4, -0.2) is 17.3 Å². The lowest BCUT2D eigenvalue weighted by atomic mass is 10.2. The molecule has 1 heterocycles. The minimum atomic E-state index is -0.401. The van der Waals surface area contributed by atoms with Crippen molar-refractivity contribution in [3.05, 3.63) is 29.6 Å². The smallest absolute Gasteiger partial charge is 0.165 e. The molecular formula is C11H11ClFNO. The van der Waals surface area contributed by atoms with Crippen molar-refractivity contribution in [2.45, 2.75) is 26.0 Å². The van der Waals surface area contributed by atoms with Crippen molar-refractivity contribution in [1.29, 1.82) is 0 Å². The summed E-state index contributed by atoms with van der Waals surface area (Å²) in [6, 6.07) is 4.57. The van der Waals surface area contributed by atoms with Crippen molar-refractivity contribution >= 4 is 16.8 Å². The van der Waals surface area contributed by atoms with Crippen molar-refractivity contribution in [3.63, 3.8) is 0 Å². The number of para-hydroxylation sites is 1. The van der Waals surface area contributed by atoms with Crippen molar-refractivity contribution in [2.75, 3.05) is 0 Å². The Labute approximate surface area is 92.7 Å². The lowest BCUT2D eigenvalue weighted by Crippen LogP contribution is -2.23. The minimum absolute atomic E-state index is 0.0794. The molecule has 15 heavy (non-hydrogen) atoms. The van der Waals surface area contributed by atoms with Crippen LogP contribution in [0.3, 0.4) is 0 Å². The van der Waals surface area contributed by atoms with Crippen LogP contribution in [0.1, 0.15) is 19.4 Å². The Balaban J connectivity index is 2.57. The van der Waals surface area contributed by atoms with Crippen LogP contribution in [0.2, 0.25) is 0 Å². The molecule has 0 unspecified atom stereocenters.